The van der Waals surface area contributed by atoms with Gasteiger partial charge in [0.25, 0.3) is 0 Å². The van der Waals surface area contributed by atoms with E-state index in [0.717, 1.165) is 0 Å². The number of halogens is 4. The van der Waals surface area contributed by atoms with E-state index in [0.29, 0.717) is 33.2 Å². The molecule has 0 radical (unpaired) electrons. The Labute approximate surface area is 214 Å². The van der Waals surface area contributed by atoms with Gasteiger partial charge in [0, 0.05) is 20.8 Å². The van der Waals surface area contributed by atoms with Crippen LogP contribution >= 0.6 is 15.9 Å². The van der Waals surface area contributed by atoms with E-state index < -0.39 is 33.4 Å². The van der Waals surface area contributed by atoms with Gasteiger partial charge in [-0.3, -0.25) is 0 Å². The fourth-order valence-corrected chi connectivity index (χ4v) is 4.96. The molecule has 0 aliphatic heterocycles. The molecule has 3 aromatic carbocycles. The molecule has 0 aliphatic carbocycles. The third-order valence-corrected chi connectivity index (χ3v) is 7.16. The van der Waals surface area contributed by atoms with Crippen LogP contribution in [0.5, 0.6) is 11.5 Å². The minimum atomic E-state index is -6.15. The Hall–Kier alpha value is -2.83. The summed E-state index contributed by atoms with van der Waals surface area (Å²) in [6, 6.07) is 10.9. The normalized spacial score (nSPS) is 13.0. The van der Waals surface area contributed by atoms with Crippen LogP contribution in [0.15, 0.2) is 46.9 Å². The maximum absolute atomic E-state index is 13.3. The van der Waals surface area contributed by atoms with Gasteiger partial charge in [0.05, 0.1) is 19.7 Å². The molecule has 0 amide bonds. The number of hydrogen-bond donors (Lipinski definition) is 0. The Morgan fingerprint density at radius 1 is 1.14 bits per heavy atom. The monoisotopic (exact) mass is 589 g/mol. The lowest BCUT2D eigenvalue weighted by Gasteiger charge is -2.27. The van der Waals surface area contributed by atoms with Gasteiger partial charge >= 0.3 is 15.6 Å². The minimum Gasteiger partial charge on any atom is -0.547 e. The second-order valence-corrected chi connectivity index (χ2v) is 10.1. The number of hydrogen-bond acceptors (Lipinski definition) is 7. The van der Waals surface area contributed by atoms with Crippen molar-refractivity contribution in [1.82, 2.24) is 0 Å². The highest BCUT2D eigenvalue weighted by molar-refractivity contribution is 9.10. The van der Waals surface area contributed by atoms with E-state index in [1.807, 2.05) is 0 Å². The zero-order valence-electron chi connectivity index (χ0n) is 19.3. The Morgan fingerprint density at radius 2 is 1.78 bits per heavy atom. The van der Waals surface area contributed by atoms with Gasteiger partial charge in [0.15, 0.2) is 5.75 Å². The molecule has 3 aromatic rings. The number of alkyl halides is 3. The quantitative estimate of drug-likeness (QED) is 0.263. The summed E-state index contributed by atoms with van der Waals surface area (Å²) >= 11 is 3.34. The zero-order valence-corrected chi connectivity index (χ0v) is 21.7. The van der Waals surface area contributed by atoms with E-state index in [1.54, 1.807) is 37.3 Å². The van der Waals surface area contributed by atoms with Gasteiger partial charge in [-0.05, 0) is 48.2 Å². The summed E-state index contributed by atoms with van der Waals surface area (Å²) in [6.45, 7) is 2.96. The van der Waals surface area contributed by atoms with Crippen LogP contribution in [0.25, 0.3) is 10.8 Å². The Kier molecular flexibility index (Phi) is 8.21. The Bertz CT molecular complexity index is 1390. The maximum Gasteiger partial charge on any atom is 0.534 e. The fourth-order valence-electron chi connectivity index (χ4n) is 3.86. The second kappa shape index (κ2) is 10.7. The molecule has 0 heterocycles. The van der Waals surface area contributed by atoms with Crippen LogP contribution in [0.3, 0.4) is 0 Å². The number of benzene rings is 3. The maximum atomic E-state index is 13.3. The van der Waals surface area contributed by atoms with Crippen molar-refractivity contribution in [3.63, 3.8) is 0 Å². The molecule has 0 spiro atoms. The van der Waals surface area contributed by atoms with E-state index in [9.17, 15) is 31.5 Å². The Morgan fingerprint density at radius 3 is 2.31 bits per heavy atom. The van der Waals surface area contributed by atoms with Gasteiger partial charge in [-0.15, -0.1) is 0 Å². The largest absolute Gasteiger partial charge is 0.547 e. The summed E-state index contributed by atoms with van der Waals surface area (Å²) in [6.07, 6.45) is -1.60. The number of ether oxygens (including phenoxy) is 2. The van der Waals surface area contributed by atoms with E-state index in [2.05, 4.69) is 20.1 Å². The highest BCUT2D eigenvalue weighted by Crippen LogP contribution is 2.45. The van der Waals surface area contributed by atoms with Crippen LogP contribution in [0.1, 0.15) is 35.3 Å². The van der Waals surface area contributed by atoms with Crippen molar-refractivity contribution in [1.29, 1.82) is 0 Å². The van der Waals surface area contributed by atoms with Gasteiger partial charge in [-0.1, -0.05) is 47.1 Å². The van der Waals surface area contributed by atoms with Crippen molar-refractivity contribution in [3.8, 4) is 11.5 Å². The number of carbonyl (C=O) groups is 1. The van der Waals surface area contributed by atoms with Crippen LogP contribution in [0, 0.1) is 6.92 Å². The molecule has 12 heteroatoms. The number of methoxy groups -OCH3 is 1. The number of rotatable bonds is 9. The Balaban J connectivity index is 2.25. The summed E-state index contributed by atoms with van der Waals surface area (Å²) in [5.74, 6) is -2.02. The summed E-state index contributed by atoms with van der Waals surface area (Å²) in [5.41, 5.74) is -4.82. The van der Waals surface area contributed by atoms with Crippen LogP contribution in [0.2, 0.25) is 0 Å². The molecule has 7 nitrogen and oxygen atoms in total. The lowest BCUT2D eigenvalue weighted by Crippen LogP contribution is -2.33. The lowest BCUT2D eigenvalue weighted by molar-refractivity contribution is -0.318. The predicted molar refractivity (Wildman–Crippen MR) is 127 cm³/mol. The third-order valence-electron chi connectivity index (χ3n) is 5.54. The molecular weight excluding hydrogens is 569 g/mol. The molecule has 0 aliphatic rings. The first-order valence-corrected chi connectivity index (χ1v) is 12.7. The molecule has 3 rings (SSSR count). The molecule has 0 bridgehead atoms. The molecular formula is C24H21BrF3O7S-. The van der Waals surface area contributed by atoms with Crippen molar-refractivity contribution in [2.75, 3.05) is 7.11 Å². The van der Waals surface area contributed by atoms with Crippen LogP contribution in [-0.2, 0) is 32.7 Å². The zero-order chi connectivity index (χ0) is 26.8. The first-order valence-electron chi connectivity index (χ1n) is 10.5. The molecule has 0 saturated heterocycles. The molecule has 1 atom stereocenters. The van der Waals surface area contributed by atoms with Crippen molar-refractivity contribution >= 4 is 42.8 Å². The molecule has 194 valence electrons. The van der Waals surface area contributed by atoms with Crippen molar-refractivity contribution in [2.24, 2.45) is 0 Å². The predicted octanol–water partition coefficient (Wildman–Crippen LogP) is 4.72. The summed E-state index contributed by atoms with van der Waals surface area (Å²) < 4.78 is 79.6. The van der Waals surface area contributed by atoms with Crippen molar-refractivity contribution < 1.29 is 45.1 Å². The number of aryl methyl sites for hydroxylation is 1. The average molecular weight is 590 g/mol. The topological polar surface area (TPSA) is 102 Å². The highest BCUT2D eigenvalue weighted by Gasteiger charge is 2.49. The molecule has 0 aromatic heterocycles. The second-order valence-electron chi connectivity index (χ2n) is 7.70. The first kappa shape index (κ1) is 27.8. The molecule has 0 saturated carbocycles. The van der Waals surface area contributed by atoms with Crippen LogP contribution < -0.4 is 14.0 Å². The molecule has 1 unspecified atom stereocenters. The number of fused-ring (bicyclic) bond motifs is 1. The van der Waals surface area contributed by atoms with Gasteiger partial charge in [0.2, 0.25) is 0 Å². The number of aliphatic carboxylic acids is 1. The number of carboxylic acids is 1. The number of carboxylic acid groups (broad SMARTS) is 1. The summed E-state index contributed by atoms with van der Waals surface area (Å²) in [4.78, 5) is 12.2. The number of carbonyl (C=O) groups excluding carboxylic acids is 1. The van der Waals surface area contributed by atoms with Crippen LogP contribution in [-0.4, -0.2) is 27.0 Å². The van der Waals surface area contributed by atoms with Crippen molar-refractivity contribution in [3.05, 3.63) is 69.2 Å². The van der Waals surface area contributed by atoms with Crippen LogP contribution in [0.4, 0.5) is 13.2 Å². The van der Waals surface area contributed by atoms with E-state index in [-0.39, 0.29) is 23.1 Å². The highest BCUT2D eigenvalue weighted by atomic mass is 79.9. The van der Waals surface area contributed by atoms with Gasteiger partial charge in [-0.2, -0.15) is 21.6 Å². The van der Waals surface area contributed by atoms with E-state index in [1.165, 1.54) is 26.2 Å². The van der Waals surface area contributed by atoms with E-state index in [4.69, 9.17) is 9.47 Å². The van der Waals surface area contributed by atoms with Crippen molar-refractivity contribution in [2.45, 2.75) is 38.5 Å². The summed E-state index contributed by atoms with van der Waals surface area (Å²) in [7, 11) is -4.67. The third kappa shape index (κ3) is 5.45. The van der Waals surface area contributed by atoms with E-state index >= 15 is 0 Å². The molecule has 0 fully saturated rings. The lowest BCUT2D eigenvalue weighted by atomic mass is 9.89. The SMILES string of the molecule is CCc1c(C)c(C(OCc2ccc(OC)cc2)C(=O)[O-])c(OS(=O)(=O)C(F)(F)F)c2cccc(Br)c12. The van der Waals surface area contributed by atoms with Gasteiger partial charge < -0.3 is 23.6 Å². The fraction of sp³-hybridized carbons (Fsp3) is 0.292. The van der Waals surface area contributed by atoms with Gasteiger partial charge in [-0.25, -0.2) is 0 Å². The minimum absolute atomic E-state index is 0.0334. The smallest absolute Gasteiger partial charge is 0.534 e. The molecule has 36 heavy (non-hydrogen) atoms. The first-order chi connectivity index (χ1) is 16.8. The average Bonchev–Trinajstić information content (AvgIpc) is 2.80. The summed E-state index contributed by atoms with van der Waals surface area (Å²) in [5, 5.41) is 12.6. The standard InChI is InChI=1S/C24H22BrF3O7S/c1-4-16-13(2)19(22(23(29)30)34-12-14-8-10-15(33-3)11-9-14)21(35-36(31,32)24(26,27)28)17-6-5-7-18(25)20(16)17/h5-11,22H,4,12H2,1-3H3,(H,29,30)/p-1. The molecule has 0 N–H and O–H groups in total. The van der Waals surface area contributed by atoms with Gasteiger partial charge in [0.1, 0.15) is 11.9 Å².